The molecular weight excluding hydrogens is 250 g/mol. The number of sulfone groups is 1. The number of rotatable bonds is 6. The van der Waals surface area contributed by atoms with Crippen LogP contribution >= 0.6 is 0 Å². The molecule has 1 atom stereocenters. The van der Waals surface area contributed by atoms with Gasteiger partial charge in [-0.15, -0.1) is 0 Å². The number of hydrogen-bond donors (Lipinski definition) is 0. The summed E-state index contributed by atoms with van der Waals surface area (Å²) in [6, 6.07) is -0.0188. The molecule has 1 unspecified atom stereocenters. The first kappa shape index (κ1) is 15.2. The molecule has 0 N–H and O–H groups in total. The summed E-state index contributed by atoms with van der Waals surface area (Å²) in [7, 11) is -3.06. The van der Waals surface area contributed by atoms with Crippen LogP contribution in [0, 0.1) is 0 Å². The Morgan fingerprint density at radius 1 is 1.44 bits per heavy atom. The minimum absolute atomic E-state index is 0.0181. The summed E-state index contributed by atoms with van der Waals surface area (Å²) < 4.78 is 22.7. The van der Waals surface area contributed by atoms with Crippen LogP contribution in [0.15, 0.2) is 11.6 Å². The average Bonchev–Trinajstić information content (AvgIpc) is 2.99. The number of hydrogen-bond acceptors (Lipinski definition) is 3. The van der Waals surface area contributed by atoms with Gasteiger partial charge in [-0.3, -0.25) is 4.79 Å². The Kier molecular flexibility index (Phi) is 4.96. The highest BCUT2D eigenvalue weighted by atomic mass is 32.2. The van der Waals surface area contributed by atoms with E-state index >= 15 is 0 Å². The second-order valence-corrected chi connectivity index (χ2v) is 7.37. The summed E-state index contributed by atoms with van der Waals surface area (Å²) in [5, 5.41) is 0. The zero-order valence-electron chi connectivity index (χ0n) is 11.6. The zero-order valence-corrected chi connectivity index (χ0v) is 12.5. The lowest BCUT2D eigenvalue weighted by molar-refractivity contribution is -0.129. The van der Waals surface area contributed by atoms with Crippen LogP contribution in [-0.2, 0) is 14.6 Å². The third-order valence-corrected chi connectivity index (χ3v) is 4.13. The Labute approximate surface area is 110 Å². The minimum atomic E-state index is -3.06. The van der Waals surface area contributed by atoms with Crippen molar-refractivity contribution in [1.82, 2.24) is 4.90 Å². The van der Waals surface area contributed by atoms with E-state index in [1.807, 2.05) is 19.9 Å². The lowest BCUT2D eigenvalue weighted by Gasteiger charge is -2.29. The molecule has 0 heterocycles. The predicted molar refractivity (Wildman–Crippen MR) is 73.1 cm³/mol. The maximum absolute atomic E-state index is 12.3. The standard InChI is InChI=1S/C13H23NO3S/c1-5-6-10(2)13(15)14(12-7-8-12)11(3)9-18(4,16)17/h6,11-12H,5,7-9H2,1-4H3/b10-6-. The van der Waals surface area contributed by atoms with Crippen molar-refractivity contribution in [3.05, 3.63) is 11.6 Å². The van der Waals surface area contributed by atoms with Crippen LogP contribution in [0.4, 0.5) is 0 Å². The van der Waals surface area contributed by atoms with Crippen LogP contribution in [0.5, 0.6) is 0 Å². The molecule has 0 aromatic carbocycles. The largest absolute Gasteiger partial charge is 0.332 e. The van der Waals surface area contributed by atoms with Crippen molar-refractivity contribution >= 4 is 15.7 Å². The lowest BCUT2D eigenvalue weighted by atomic mass is 10.2. The van der Waals surface area contributed by atoms with Gasteiger partial charge in [0.2, 0.25) is 5.91 Å². The van der Waals surface area contributed by atoms with Gasteiger partial charge in [0, 0.05) is 23.9 Å². The molecule has 0 aliphatic heterocycles. The zero-order chi connectivity index (χ0) is 13.9. The summed E-state index contributed by atoms with van der Waals surface area (Å²) in [4.78, 5) is 14.1. The Morgan fingerprint density at radius 2 is 2.00 bits per heavy atom. The summed E-state index contributed by atoms with van der Waals surface area (Å²) in [6.07, 6.45) is 5.90. The quantitative estimate of drug-likeness (QED) is 0.693. The van der Waals surface area contributed by atoms with Gasteiger partial charge in [0.1, 0.15) is 9.84 Å². The molecule has 5 heteroatoms. The van der Waals surface area contributed by atoms with E-state index in [9.17, 15) is 13.2 Å². The highest BCUT2D eigenvalue weighted by molar-refractivity contribution is 7.90. The Bertz CT molecular complexity index is 435. The van der Waals surface area contributed by atoms with Gasteiger partial charge in [0.25, 0.3) is 0 Å². The molecule has 1 rings (SSSR count). The van der Waals surface area contributed by atoms with Gasteiger partial charge in [-0.1, -0.05) is 13.0 Å². The van der Waals surface area contributed by atoms with Crippen LogP contribution < -0.4 is 0 Å². The number of nitrogens with zero attached hydrogens (tertiary/aromatic N) is 1. The van der Waals surface area contributed by atoms with E-state index in [4.69, 9.17) is 0 Å². The molecule has 0 saturated heterocycles. The van der Waals surface area contributed by atoms with Gasteiger partial charge in [-0.2, -0.15) is 0 Å². The monoisotopic (exact) mass is 273 g/mol. The van der Waals surface area contributed by atoms with Gasteiger partial charge < -0.3 is 4.90 Å². The van der Waals surface area contributed by atoms with Crippen LogP contribution in [0.2, 0.25) is 0 Å². The molecule has 0 aromatic rings. The summed E-state index contributed by atoms with van der Waals surface area (Å²) >= 11 is 0. The number of allylic oxidation sites excluding steroid dienone is 1. The average molecular weight is 273 g/mol. The second kappa shape index (κ2) is 5.87. The molecule has 0 radical (unpaired) electrons. The van der Waals surface area contributed by atoms with E-state index in [0.29, 0.717) is 5.57 Å². The first-order chi connectivity index (χ1) is 8.26. The summed E-state index contributed by atoms with van der Waals surface area (Å²) in [6.45, 7) is 5.60. The number of carbonyl (C=O) groups excluding carboxylic acids is 1. The van der Waals surface area contributed by atoms with Gasteiger partial charge in [0.05, 0.1) is 5.75 Å². The van der Waals surface area contributed by atoms with Gasteiger partial charge in [0.15, 0.2) is 0 Å². The molecule has 1 fully saturated rings. The second-order valence-electron chi connectivity index (χ2n) is 5.18. The van der Waals surface area contributed by atoms with Gasteiger partial charge in [-0.05, 0) is 33.1 Å². The number of amides is 1. The van der Waals surface area contributed by atoms with Gasteiger partial charge >= 0.3 is 0 Å². The normalized spacial score (nSPS) is 18.6. The molecule has 18 heavy (non-hydrogen) atoms. The highest BCUT2D eigenvalue weighted by Crippen LogP contribution is 2.30. The molecule has 4 nitrogen and oxygen atoms in total. The van der Waals surface area contributed by atoms with Crippen molar-refractivity contribution in [2.75, 3.05) is 12.0 Å². The maximum Gasteiger partial charge on any atom is 0.249 e. The van der Waals surface area contributed by atoms with Crippen LogP contribution in [0.25, 0.3) is 0 Å². The van der Waals surface area contributed by atoms with Crippen molar-refractivity contribution in [2.45, 2.75) is 52.1 Å². The number of carbonyl (C=O) groups is 1. The van der Waals surface area contributed by atoms with Crippen molar-refractivity contribution < 1.29 is 13.2 Å². The first-order valence-corrected chi connectivity index (χ1v) is 8.49. The third kappa shape index (κ3) is 4.44. The lowest BCUT2D eigenvalue weighted by Crippen LogP contribution is -2.44. The Morgan fingerprint density at radius 3 is 2.39 bits per heavy atom. The van der Waals surface area contributed by atoms with Crippen molar-refractivity contribution in [3.63, 3.8) is 0 Å². The van der Waals surface area contributed by atoms with Gasteiger partial charge in [-0.25, -0.2) is 8.42 Å². The summed E-state index contributed by atoms with van der Waals surface area (Å²) in [5.41, 5.74) is 0.713. The molecule has 104 valence electrons. The minimum Gasteiger partial charge on any atom is -0.332 e. The molecule has 1 aliphatic rings. The van der Waals surface area contributed by atoms with E-state index < -0.39 is 9.84 Å². The molecular formula is C13H23NO3S. The van der Waals surface area contributed by atoms with E-state index in [1.54, 1.807) is 11.8 Å². The fourth-order valence-corrected chi connectivity index (χ4v) is 3.23. The molecule has 0 bridgehead atoms. The van der Waals surface area contributed by atoms with E-state index in [-0.39, 0.29) is 23.7 Å². The SMILES string of the molecule is CC/C=C(/C)C(=O)N(C(C)CS(C)(=O)=O)C1CC1. The first-order valence-electron chi connectivity index (χ1n) is 6.43. The van der Waals surface area contributed by atoms with E-state index in [0.717, 1.165) is 19.3 Å². The third-order valence-electron chi connectivity index (χ3n) is 3.04. The van der Waals surface area contributed by atoms with E-state index in [2.05, 4.69) is 0 Å². The van der Waals surface area contributed by atoms with Crippen LogP contribution in [0.3, 0.4) is 0 Å². The van der Waals surface area contributed by atoms with Crippen LogP contribution in [-0.4, -0.2) is 43.3 Å². The van der Waals surface area contributed by atoms with Crippen molar-refractivity contribution in [1.29, 1.82) is 0 Å². The molecule has 1 saturated carbocycles. The topological polar surface area (TPSA) is 54.5 Å². The maximum atomic E-state index is 12.3. The van der Waals surface area contributed by atoms with Crippen LogP contribution in [0.1, 0.15) is 40.0 Å². The highest BCUT2D eigenvalue weighted by Gasteiger charge is 2.36. The summed E-state index contributed by atoms with van der Waals surface area (Å²) in [5.74, 6) is 0.0183. The fourth-order valence-electron chi connectivity index (χ4n) is 2.19. The molecule has 0 spiro atoms. The smallest absolute Gasteiger partial charge is 0.249 e. The molecule has 1 amide bonds. The van der Waals surface area contributed by atoms with E-state index in [1.165, 1.54) is 6.26 Å². The molecule has 1 aliphatic carbocycles. The van der Waals surface area contributed by atoms with Crippen molar-refractivity contribution in [2.24, 2.45) is 0 Å². The van der Waals surface area contributed by atoms with Crippen molar-refractivity contribution in [3.8, 4) is 0 Å². The fraction of sp³-hybridized carbons (Fsp3) is 0.769. The molecule has 0 aromatic heterocycles. The Balaban J connectivity index is 2.83. The predicted octanol–water partition coefficient (Wildman–Crippen LogP) is 1.77. The Hall–Kier alpha value is -0.840.